The van der Waals surface area contributed by atoms with Gasteiger partial charge in [0.25, 0.3) is 0 Å². The summed E-state index contributed by atoms with van der Waals surface area (Å²) in [6.07, 6.45) is 1.80. The van der Waals surface area contributed by atoms with Crippen molar-refractivity contribution in [3.05, 3.63) is 71.3 Å². The van der Waals surface area contributed by atoms with Crippen LogP contribution in [0.3, 0.4) is 0 Å². The summed E-state index contributed by atoms with van der Waals surface area (Å²) in [5, 5.41) is 21.7. The Kier molecular flexibility index (Phi) is 6.67. The predicted octanol–water partition coefficient (Wildman–Crippen LogP) is 2.26. The third kappa shape index (κ3) is 5.35. The molecule has 1 saturated heterocycles. The Hall–Kier alpha value is -1.61. The standard InChI is InChI=1S/C23H30N2O4S/c26-22(19-8-6-18(7-9-19)13-24-30(28)29)16-25-14-20-11-23(27,12-21(20)15-25)10-17-4-2-1-3-5-17/h1-9,20-22,24,26-27H,10-16H2,(H,28,29)/t20-,21+,22?,23?. The fourth-order valence-corrected chi connectivity index (χ4v) is 5.47. The summed E-state index contributed by atoms with van der Waals surface area (Å²) in [4.78, 5) is 2.31. The molecule has 2 aromatic carbocycles. The monoisotopic (exact) mass is 430 g/mol. The maximum Gasteiger partial charge on any atom is 0.232 e. The van der Waals surface area contributed by atoms with Gasteiger partial charge in [-0.25, -0.2) is 8.93 Å². The number of benzene rings is 2. The molecule has 4 N–H and O–H groups in total. The summed E-state index contributed by atoms with van der Waals surface area (Å²) in [7, 11) is 0. The van der Waals surface area contributed by atoms with E-state index in [1.165, 1.54) is 5.56 Å². The van der Waals surface area contributed by atoms with E-state index in [4.69, 9.17) is 4.55 Å². The number of rotatable bonds is 8. The molecular formula is C23H30N2O4S. The van der Waals surface area contributed by atoms with Gasteiger partial charge >= 0.3 is 0 Å². The number of likely N-dealkylation sites (tertiary alicyclic amines) is 1. The Labute approximate surface area is 180 Å². The highest BCUT2D eigenvalue weighted by Gasteiger charge is 2.48. The average molecular weight is 431 g/mol. The summed E-state index contributed by atoms with van der Waals surface area (Å²) in [5.74, 6) is 0.970. The van der Waals surface area contributed by atoms with Gasteiger partial charge in [-0.05, 0) is 41.4 Å². The van der Waals surface area contributed by atoms with Crippen molar-refractivity contribution in [2.75, 3.05) is 19.6 Å². The largest absolute Gasteiger partial charge is 0.390 e. The zero-order valence-electron chi connectivity index (χ0n) is 17.0. The topological polar surface area (TPSA) is 93.0 Å². The van der Waals surface area contributed by atoms with E-state index >= 15 is 0 Å². The Morgan fingerprint density at radius 2 is 1.67 bits per heavy atom. The molecule has 5 atom stereocenters. The number of nitrogens with zero attached hydrogens (tertiary/aromatic N) is 1. The highest BCUT2D eigenvalue weighted by molar-refractivity contribution is 7.77. The third-order valence-electron chi connectivity index (χ3n) is 6.51. The van der Waals surface area contributed by atoms with Crippen molar-refractivity contribution < 1.29 is 19.0 Å². The van der Waals surface area contributed by atoms with Gasteiger partial charge in [0, 0.05) is 32.6 Å². The molecule has 1 saturated carbocycles. The van der Waals surface area contributed by atoms with Crippen LogP contribution in [0.25, 0.3) is 0 Å². The fraction of sp³-hybridized carbons (Fsp3) is 0.478. The van der Waals surface area contributed by atoms with Crippen molar-refractivity contribution >= 4 is 11.3 Å². The maximum atomic E-state index is 11.1. The van der Waals surface area contributed by atoms with E-state index in [2.05, 4.69) is 21.8 Å². The molecule has 2 aliphatic rings. The van der Waals surface area contributed by atoms with Crippen molar-refractivity contribution in [1.82, 2.24) is 9.62 Å². The van der Waals surface area contributed by atoms with Gasteiger partial charge in [0.05, 0.1) is 11.7 Å². The molecule has 0 spiro atoms. The number of hydrogen-bond acceptors (Lipinski definition) is 4. The summed E-state index contributed by atoms with van der Waals surface area (Å²) < 4.78 is 21.9. The number of fused-ring (bicyclic) bond motifs is 1. The van der Waals surface area contributed by atoms with Crippen LogP contribution in [0, 0.1) is 11.8 Å². The van der Waals surface area contributed by atoms with Crippen LogP contribution in [-0.4, -0.2) is 49.1 Å². The lowest BCUT2D eigenvalue weighted by molar-refractivity contribution is 0.0328. The molecule has 0 radical (unpaired) electrons. The molecule has 0 bridgehead atoms. The molecule has 7 heteroatoms. The highest BCUT2D eigenvalue weighted by Crippen LogP contribution is 2.45. The van der Waals surface area contributed by atoms with E-state index in [0.717, 1.165) is 37.1 Å². The molecular weight excluding hydrogens is 400 g/mol. The number of hydrogen-bond donors (Lipinski definition) is 4. The van der Waals surface area contributed by atoms with Gasteiger partial charge in [0.15, 0.2) is 0 Å². The Bertz CT molecular complexity index is 847. The minimum Gasteiger partial charge on any atom is -0.390 e. The van der Waals surface area contributed by atoms with Crippen LogP contribution in [0.1, 0.15) is 35.6 Å². The first-order chi connectivity index (χ1) is 14.4. The molecule has 0 aromatic heterocycles. The number of β-amino-alcohol motifs (C(OH)–C–C–N with tert-alkyl or cyclic N) is 1. The highest BCUT2D eigenvalue weighted by atomic mass is 32.2. The van der Waals surface area contributed by atoms with Gasteiger partial charge < -0.3 is 10.2 Å². The SMILES string of the molecule is O=S(O)NCc1ccc(C(O)CN2C[C@@H]3CC(O)(Cc4ccccc4)C[C@@H]3C2)cc1. The summed E-state index contributed by atoms with van der Waals surface area (Å²) in [6.45, 7) is 2.73. The zero-order chi connectivity index (χ0) is 21.1. The lowest BCUT2D eigenvalue weighted by Gasteiger charge is -2.27. The number of aliphatic hydroxyl groups is 2. The van der Waals surface area contributed by atoms with Crippen molar-refractivity contribution in [1.29, 1.82) is 0 Å². The Balaban J connectivity index is 1.27. The van der Waals surface area contributed by atoms with Crippen molar-refractivity contribution in [3.63, 3.8) is 0 Å². The molecule has 1 heterocycles. The summed E-state index contributed by atoms with van der Waals surface area (Å²) in [6, 6.07) is 17.7. The minimum atomic E-state index is -2.03. The molecule has 6 nitrogen and oxygen atoms in total. The average Bonchev–Trinajstić information content (AvgIpc) is 3.21. The normalized spacial score (nSPS) is 28.4. The van der Waals surface area contributed by atoms with E-state index in [-0.39, 0.29) is 0 Å². The first-order valence-corrected chi connectivity index (χ1v) is 11.6. The van der Waals surface area contributed by atoms with Crippen LogP contribution in [0.5, 0.6) is 0 Å². The molecule has 1 aliphatic heterocycles. The Morgan fingerprint density at radius 3 is 2.27 bits per heavy atom. The van der Waals surface area contributed by atoms with Gasteiger partial charge in [-0.1, -0.05) is 54.6 Å². The van der Waals surface area contributed by atoms with Crippen LogP contribution in [-0.2, 0) is 24.2 Å². The fourth-order valence-electron chi connectivity index (χ4n) is 5.18. The second kappa shape index (κ2) is 9.26. The van der Waals surface area contributed by atoms with Crippen molar-refractivity contribution in [3.8, 4) is 0 Å². The number of aliphatic hydroxyl groups excluding tert-OH is 1. The zero-order valence-corrected chi connectivity index (χ0v) is 17.8. The first kappa shape index (κ1) is 21.6. The van der Waals surface area contributed by atoms with Crippen LogP contribution >= 0.6 is 0 Å². The molecule has 30 heavy (non-hydrogen) atoms. The van der Waals surface area contributed by atoms with Gasteiger partial charge in [-0.2, -0.15) is 0 Å². The molecule has 162 valence electrons. The molecule has 1 aliphatic carbocycles. The molecule has 4 rings (SSSR count). The second-order valence-electron chi connectivity index (χ2n) is 8.86. The quantitative estimate of drug-likeness (QED) is 0.482. The number of nitrogens with one attached hydrogen (secondary N) is 1. The van der Waals surface area contributed by atoms with Crippen molar-refractivity contribution in [2.24, 2.45) is 11.8 Å². The van der Waals surface area contributed by atoms with Crippen LogP contribution in [0.4, 0.5) is 0 Å². The maximum absolute atomic E-state index is 11.1. The molecule has 0 amide bonds. The minimum absolute atomic E-state index is 0.306. The van der Waals surface area contributed by atoms with Gasteiger partial charge in [0.2, 0.25) is 11.3 Å². The predicted molar refractivity (Wildman–Crippen MR) is 117 cm³/mol. The van der Waals surface area contributed by atoms with E-state index in [1.54, 1.807) is 0 Å². The summed E-state index contributed by atoms with van der Waals surface area (Å²) >= 11 is -2.03. The van der Waals surface area contributed by atoms with E-state index < -0.39 is 23.0 Å². The summed E-state index contributed by atoms with van der Waals surface area (Å²) in [5.41, 5.74) is 2.32. The first-order valence-electron chi connectivity index (χ1n) is 10.5. The van der Waals surface area contributed by atoms with Gasteiger partial charge in [0.1, 0.15) is 0 Å². The Morgan fingerprint density at radius 1 is 1.03 bits per heavy atom. The molecule has 2 fully saturated rings. The second-order valence-corrected chi connectivity index (χ2v) is 9.65. The third-order valence-corrected chi connectivity index (χ3v) is 6.90. The van der Waals surface area contributed by atoms with Crippen LogP contribution in [0.15, 0.2) is 54.6 Å². The van der Waals surface area contributed by atoms with E-state index in [9.17, 15) is 14.4 Å². The smallest absolute Gasteiger partial charge is 0.232 e. The van der Waals surface area contributed by atoms with Crippen molar-refractivity contribution in [2.45, 2.75) is 37.5 Å². The lowest BCUT2D eigenvalue weighted by atomic mass is 9.91. The lowest BCUT2D eigenvalue weighted by Crippen LogP contribution is -2.33. The molecule has 2 aromatic rings. The van der Waals surface area contributed by atoms with E-state index in [0.29, 0.717) is 31.3 Å². The van der Waals surface area contributed by atoms with Gasteiger partial charge in [-0.15, -0.1) is 0 Å². The van der Waals surface area contributed by atoms with Crippen LogP contribution in [0.2, 0.25) is 0 Å². The van der Waals surface area contributed by atoms with E-state index in [1.807, 2.05) is 42.5 Å². The molecule has 3 unspecified atom stereocenters. The van der Waals surface area contributed by atoms with Crippen LogP contribution < -0.4 is 4.72 Å². The van der Waals surface area contributed by atoms with Gasteiger partial charge in [-0.3, -0.25) is 9.45 Å².